The Kier molecular flexibility index (Phi) is 2.73. The number of benzene rings is 1. The summed E-state index contributed by atoms with van der Waals surface area (Å²) in [6, 6.07) is 4.04. The van der Waals surface area contributed by atoms with E-state index in [4.69, 9.17) is 9.29 Å². The van der Waals surface area contributed by atoms with Crippen LogP contribution in [0.4, 0.5) is 0 Å². The lowest BCUT2D eigenvalue weighted by molar-refractivity contribution is -0.0392. The molecule has 19 heavy (non-hydrogen) atoms. The van der Waals surface area contributed by atoms with Crippen LogP contribution >= 0.6 is 0 Å². The predicted octanol–water partition coefficient (Wildman–Crippen LogP) is 0.223. The summed E-state index contributed by atoms with van der Waals surface area (Å²) in [7, 11) is -4.27. The van der Waals surface area contributed by atoms with Gasteiger partial charge in [-0.3, -0.25) is 9.12 Å². The fourth-order valence-corrected chi connectivity index (χ4v) is 2.64. The van der Waals surface area contributed by atoms with Crippen LogP contribution in [0.2, 0.25) is 0 Å². The van der Waals surface area contributed by atoms with Crippen molar-refractivity contribution in [1.82, 2.24) is 9.55 Å². The Bertz CT molecular complexity index is 785. The van der Waals surface area contributed by atoms with Gasteiger partial charge in [-0.25, -0.2) is 4.79 Å². The van der Waals surface area contributed by atoms with Crippen LogP contribution in [0.1, 0.15) is 0 Å². The van der Waals surface area contributed by atoms with E-state index in [1.165, 1.54) is 18.2 Å². The van der Waals surface area contributed by atoms with Gasteiger partial charge < -0.3 is 9.72 Å². The lowest BCUT2D eigenvalue weighted by Gasteiger charge is -2.25. The molecule has 0 unspecified atom stereocenters. The van der Waals surface area contributed by atoms with Gasteiger partial charge >= 0.3 is 5.69 Å². The minimum absolute atomic E-state index is 0.236. The molecule has 2 aromatic rings. The van der Waals surface area contributed by atoms with Gasteiger partial charge in [0.15, 0.2) is 0 Å². The van der Waals surface area contributed by atoms with E-state index in [1.54, 1.807) is 4.57 Å². The number of imidazole rings is 1. The van der Waals surface area contributed by atoms with Crippen LogP contribution in [0.5, 0.6) is 0 Å². The van der Waals surface area contributed by atoms with Gasteiger partial charge in [0.2, 0.25) is 0 Å². The van der Waals surface area contributed by atoms with Gasteiger partial charge in [-0.05, 0) is 18.2 Å². The minimum atomic E-state index is -4.27. The van der Waals surface area contributed by atoms with Crippen molar-refractivity contribution in [3.8, 4) is 0 Å². The molecule has 1 fully saturated rings. The molecule has 7 nitrogen and oxygen atoms in total. The van der Waals surface area contributed by atoms with Gasteiger partial charge in [0, 0.05) is 12.5 Å². The first kappa shape index (κ1) is 12.4. The number of H-pyrrole nitrogens is 1. The monoisotopic (exact) mass is 284 g/mol. The van der Waals surface area contributed by atoms with E-state index < -0.39 is 10.1 Å². The molecule has 2 N–H and O–H groups in total. The normalized spacial score (nSPS) is 16.7. The van der Waals surface area contributed by atoms with Gasteiger partial charge in [0.1, 0.15) is 0 Å². The van der Waals surface area contributed by atoms with Crippen LogP contribution in [-0.4, -0.2) is 35.7 Å². The molecule has 1 aromatic carbocycles. The molecule has 102 valence electrons. The zero-order chi connectivity index (χ0) is 13.6. The second-order valence-electron chi connectivity index (χ2n) is 4.60. The van der Waals surface area contributed by atoms with Crippen molar-refractivity contribution in [3.05, 3.63) is 28.7 Å². The Morgan fingerprint density at radius 3 is 2.74 bits per heavy atom. The van der Waals surface area contributed by atoms with Crippen molar-refractivity contribution in [2.45, 2.75) is 11.4 Å². The molecular weight excluding hydrogens is 272 g/mol. The zero-order valence-electron chi connectivity index (χ0n) is 9.87. The standard InChI is InChI=1S/C11H12N2O5S/c14-11-12-9-3-8(19(15,16)17)1-2-10(9)13(11)4-7-5-18-6-7/h1-3,7H,4-6H2,(H,12,14)(H,15,16,17). The van der Waals surface area contributed by atoms with E-state index >= 15 is 0 Å². The fraction of sp³-hybridized carbons (Fsp3) is 0.364. The van der Waals surface area contributed by atoms with Crippen LogP contribution in [0.3, 0.4) is 0 Å². The van der Waals surface area contributed by atoms with Crippen molar-refractivity contribution in [1.29, 1.82) is 0 Å². The summed E-state index contributed by atoms with van der Waals surface area (Å²) in [5.74, 6) is 0.304. The van der Waals surface area contributed by atoms with Gasteiger partial charge in [0.25, 0.3) is 10.1 Å². The first-order chi connectivity index (χ1) is 8.95. The van der Waals surface area contributed by atoms with E-state index in [1.807, 2.05) is 0 Å². The molecule has 1 aliphatic heterocycles. The topological polar surface area (TPSA) is 101 Å². The van der Waals surface area contributed by atoms with Crippen LogP contribution in [0, 0.1) is 5.92 Å². The zero-order valence-corrected chi connectivity index (χ0v) is 10.7. The Hall–Kier alpha value is -1.64. The molecule has 0 aliphatic carbocycles. The van der Waals surface area contributed by atoms with E-state index in [0.717, 1.165) is 0 Å². The van der Waals surface area contributed by atoms with E-state index in [0.29, 0.717) is 36.7 Å². The number of rotatable bonds is 3. The maximum Gasteiger partial charge on any atom is 0.326 e. The van der Waals surface area contributed by atoms with Crippen molar-refractivity contribution < 1.29 is 17.7 Å². The third kappa shape index (κ3) is 2.18. The van der Waals surface area contributed by atoms with Crippen LogP contribution in [0.15, 0.2) is 27.9 Å². The number of hydrogen-bond acceptors (Lipinski definition) is 4. The third-order valence-corrected chi connectivity index (χ3v) is 4.04. The summed E-state index contributed by atoms with van der Waals surface area (Å²) in [6.45, 7) is 1.79. The molecule has 2 heterocycles. The lowest BCUT2D eigenvalue weighted by atomic mass is 10.1. The molecule has 1 aromatic heterocycles. The second-order valence-corrected chi connectivity index (χ2v) is 6.02. The van der Waals surface area contributed by atoms with E-state index in [9.17, 15) is 13.2 Å². The Balaban J connectivity index is 2.09. The SMILES string of the molecule is O=c1[nH]c2cc(S(=O)(=O)O)ccc2n1CC1COC1. The number of aromatic amines is 1. The third-order valence-electron chi connectivity index (χ3n) is 3.19. The van der Waals surface area contributed by atoms with Gasteiger partial charge in [-0.15, -0.1) is 0 Å². The maximum atomic E-state index is 11.8. The lowest BCUT2D eigenvalue weighted by Crippen LogP contribution is -2.34. The number of aromatic nitrogens is 2. The highest BCUT2D eigenvalue weighted by atomic mass is 32.2. The summed E-state index contributed by atoms with van der Waals surface area (Å²) in [4.78, 5) is 14.2. The highest BCUT2D eigenvalue weighted by Gasteiger charge is 2.21. The van der Waals surface area contributed by atoms with Crippen molar-refractivity contribution >= 4 is 21.2 Å². The quantitative estimate of drug-likeness (QED) is 0.785. The summed E-state index contributed by atoms with van der Waals surface area (Å²) in [5, 5.41) is 0. The highest BCUT2D eigenvalue weighted by Crippen LogP contribution is 2.19. The fourth-order valence-electron chi connectivity index (χ4n) is 2.13. The minimum Gasteiger partial charge on any atom is -0.381 e. The molecule has 0 atom stereocenters. The molecule has 0 bridgehead atoms. The number of hydrogen-bond donors (Lipinski definition) is 2. The summed E-state index contributed by atoms with van der Waals surface area (Å²) >= 11 is 0. The molecule has 0 amide bonds. The second kappa shape index (κ2) is 4.19. The van der Waals surface area contributed by atoms with Crippen LogP contribution in [-0.2, 0) is 21.4 Å². The highest BCUT2D eigenvalue weighted by molar-refractivity contribution is 7.85. The van der Waals surface area contributed by atoms with E-state index in [-0.39, 0.29) is 10.6 Å². The molecule has 3 rings (SSSR count). The van der Waals surface area contributed by atoms with Crippen LogP contribution < -0.4 is 5.69 Å². The van der Waals surface area contributed by atoms with Crippen LogP contribution in [0.25, 0.3) is 11.0 Å². The van der Waals surface area contributed by atoms with E-state index in [2.05, 4.69) is 4.98 Å². The Labute approximate surface area is 108 Å². The number of nitrogens with zero attached hydrogens (tertiary/aromatic N) is 1. The molecule has 1 aliphatic rings. The molecule has 0 radical (unpaired) electrons. The average Bonchev–Trinajstić information content (AvgIpc) is 2.57. The number of nitrogens with one attached hydrogen (secondary N) is 1. The first-order valence-electron chi connectivity index (χ1n) is 5.73. The Morgan fingerprint density at radius 1 is 1.42 bits per heavy atom. The molecular formula is C11H12N2O5S. The molecule has 0 saturated carbocycles. The summed E-state index contributed by atoms with van der Waals surface area (Å²) in [6.07, 6.45) is 0. The predicted molar refractivity (Wildman–Crippen MR) is 66.7 cm³/mol. The largest absolute Gasteiger partial charge is 0.381 e. The van der Waals surface area contributed by atoms with Gasteiger partial charge in [-0.2, -0.15) is 8.42 Å². The first-order valence-corrected chi connectivity index (χ1v) is 7.17. The van der Waals surface area contributed by atoms with Crippen molar-refractivity contribution in [2.24, 2.45) is 5.92 Å². The maximum absolute atomic E-state index is 11.8. The number of fused-ring (bicyclic) bond motifs is 1. The Morgan fingerprint density at radius 2 is 2.16 bits per heavy atom. The smallest absolute Gasteiger partial charge is 0.326 e. The molecule has 8 heteroatoms. The summed E-state index contributed by atoms with van der Waals surface area (Å²) in [5.41, 5.74) is 0.707. The van der Waals surface area contributed by atoms with Gasteiger partial charge in [-0.1, -0.05) is 0 Å². The van der Waals surface area contributed by atoms with Crippen molar-refractivity contribution in [3.63, 3.8) is 0 Å². The molecule has 0 spiro atoms. The number of ether oxygens (including phenoxy) is 1. The molecule has 1 saturated heterocycles. The average molecular weight is 284 g/mol. The summed E-state index contributed by atoms with van der Waals surface area (Å²) < 4.78 is 37.7. The van der Waals surface area contributed by atoms with Gasteiger partial charge in [0.05, 0.1) is 29.1 Å². The van der Waals surface area contributed by atoms with Crippen molar-refractivity contribution in [2.75, 3.05) is 13.2 Å².